The van der Waals surface area contributed by atoms with E-state index in [1.54, 1.807) is 50.2 Å². The van der Waals surface area contributed by atoms with Crippen LogP contribution in [0.2, 0.25) is 0 Å². The van der Waals surface area contributed by atoms with Gasteiger partial charge in [0.25, 0.3) is 11.8 Å². The number of carbonyl (C=O) groups is 3. The Labute approximate surface area is 236 Å². The van der Waals surface area contributed by atoms with Crippen LogP contribution in [0.1, 0.15) is 40.4 Å². The van der Waals surface area contributed by atoms with E-state index in [1.807, 2.05) is 0 Å². The molecule has 0 bridgehead atoms. The molecule has 2 saturated heterocycles. The van der Waals surface area contributed by atoms with Crippen molar-refractivity contribution in [3.05, 3.63) is 89.2 Å². The molecular weight excluding hydrogens is 566 g/mol. The van der Waals surface area contributed by atoms with Crippen molar-refractivity contribution in [1.82, 2.24) is 9.88 Å². The summed E-state index contributed by atoms with van der Waals surface area (Å²) < 4.78 is 80.5. The number of carbonyl (C=O) groups excluding carboxylic acids is 3. The molecule has 42 heavy (non-hydrogen) atoms. The minimum atomic E-state index is -5.12. The van der Waals surface area contributed by atoms with E-state index < -0.39 is 58.3 Å². The third-order valence-corrected chi connectivity index (χ3v) is 7.81. The summed E-state index contributed by atoms with van der Waals surface area (Å²) in [5.74, 6) is -2.38. The van der Waals surface area contributed by atoms with Gasteiger partial charge in [0.15, 0.2) is 0 Å². The smallest absolute Gasteiger partial charge is 0.338 e. The molecule has 7 nitrogen and oxygen atoms in total. The predicted octanol–water partition coefficient (Wildman–Crippen LogP) is 6.32. The first-order valence-corrected chi connectivity index (χ1v) is 12.9. The van der Waals surface area contributed by atoms with Crippen molar-refractivity contribution >= 4 is 29.2 Å². The van der Waals surface area contributed by atoms with Crippen LogP contribution < -0.4 is 9.80 Å². The first-order valence-electron chi connectivity index (χ1n) is 12.9. The highest BCUT2D eigenvalue weighted by atomic mass is 19.4. The third kappa shape index (κ3) is 4.76. The van der Waals surface area contributed by atoms with Gasteiger partial charge >= 0.3 is 18.4 Å². The second-order valence-electron chi connectivity index (χ2n) is 10.4. The number of halogens is 6. The minimum Gasteiger partial charge on any atom is -0.338 e. The monoisotopic (exact) mass is 590 g/mol. The maximum atomic E-state index is 14.1. The zero-order valence-corrected chi connectivity index (χ0v) is 22.3. The zero-order chi connectivity index (χ0) is 30.6. The largest absolute Gasteiger partial charge is 0.416 e. The number of imide groups is 1. The van der Waals surface area contributed by atoms with Gasteiger partial charge in [0, 0.05) is 36.5 Å². The van der Waals surface area contributed by atoms with Crippen molar-refractivity contribution in [3.8, 4) is 0 Å². The van der Waals surface area contributed by atoms with E-state index in [9.17, 15) is 40.7 Å². The predicted molar refractivity (Wildman–Crippen MR) is 140 cm³/mol. The lowest BCUT2D eigenvalue weighted by Gasteiger charge is -2.47. The molecule has 0 saturated carbocycles. The average Bonchev–Trinajstić information content (AvgIpc) is 3.15. The summed E-state index contributed by atoms with van der Waals surface area (Å²) in [6.45, 7) is 2.97. The van der Waals surface area contributed by atoms with Crippen molar-refractivity contribution in [1.29, 1.82) is 0 Å². The van der Waals surface area contributed by atoms with Crippen molar-refractivity contribution < 1.29 is 40.7 Å². The fourth-order valence-corrected chi connectivity index (χ4v) is 5.71. The molecule has 3 aromatic rings. The Morgan fingerprint density at radius 3 is 2.14 bits per heavy atom. The van der Waals surface area contributed by atoms with Crippen molar-refractivity contribution in [2.75, 3.05) is 22.9 Å². The Kier molecular flexibility index (Phi) is 7.02. The van der Waals surface area contributed by atoms with Gasteiger partial charge in [-0.2, -0.15) is 26.3 Å². The van der Waals surface area contributed by atoms with Crippen LogP contribution >= 0.6 is 0 Å². The van der Waals surface area contributed by atoms with Crippen LogP contribution in [0.4, 0.5) is 42.5 Å². The molecule has 2 aliphatic heterocycles. The lowest BCUT2D eigenvalue weighted by Crippen LogP contribution is -2.62. The summed E-state index contributed by atoms with van der Waals surface area (Å²) in [5.41, 5.74) is -4.07. The molecule has 2 aromatic carbocycles. The SMILES string of the molecule is Cc1ccccc1N1C(=O)N(c2cccnc2)C(=O)C12CCN(C(=O)c1cc(C(F)(F)F)cc(C(F)(F)F)c1)CC2C. The molecule has 220 valence electrons. The molecule has 0 N–H and O–H groups in total. The van der Waals surface area contributed by atoms with Gasteiger partial charge in [0.05, 0.1) is 23.0 Å². The standard InChI is InChI=1S/C29H24F6N4O3/c1-17-6-3-4-8-23(17)39-26(42)38(22-7-5-10-36-15-22)25(41)27(39)9-11-37(16-18(27)2)24(40)19-12-20(28(30,31)32)14-21(13-19)29(33,34)35/h3-8,10,12-15,18H,9,11,16H2,1-2H3. The van der Waals surface area contributed by atoms with Gasteiger partial charge in [-0.3, -0.25) is 19.5 Å². The van der Waals surface area contributed by atoms with Crippen LogP contribution in [0.15, 0.2) is 67.0 Å². The van der Waals surface area contributed by atoms with Crippen LogP contribution in [0.5, 0.6) is 0 Å². The summed E-state index contributed by atoms with van der Waals surface area (Å²) >= 11 is 0. The Bertz CT molecular complexity index is 1530. The molecule has 2 aliphatic rings. The zero-order valence-electron chi connectivity index (χ0n) is 22.3. The number of benzene rings is 2. The number of hydrogen-bond donors (Lipinski definition) is 0. The first-order chi connectivity index (χ1) is 19.7. The number of aryl methyl sites for hydroxylation is 1. The number of rotatable bonds is 3. The lowest BCUT2D eigenvalue weighted by molar-refractivity contribution is -0.143. The maximum Gasteiger partial charge on any atom is 0.416 e. The fraction of sp³-hybridized carbons (Fsp3) is 0.310. The molecule has 13 heteroatoms. The molecule has 3 heterocycles. The number of likely N-dealkylation sites (tertiary alicyclic amines) is 1. The molecule has 1 spiro atoms. The van der Waals surface area contributed by atoms with Crippen LogP contribution in [0.3, 0.4) is 0 Å². The number of amides is 4. The Morgan fingerprint density at radius 2 is 1.60 bits per heavy atom. The maximum absolute atomic E-state index is 14.1. The van der Waals surface area contributed by atoms with Gasteiger partial charge in [0.2, 0.25) is 0 Å². The second-order valence-corrected chi connectivity index (χ2v) is 10.4. The molecular formula is C29H24F6N4O3. The summed E-state index contributed by atoms with van der Waals surface area (Å²) in [7, 11) is 0. The van der Waals surface area contributed by atoms with Gasteiger partial charge < -0.3 is 4.90 Å². The molecule has 0 radical (unpaired) electrons. The molecule has 4 amide bonds. The normalized spacial score (nSPS) is 21.4. The Balaban J connectivity index is 1.53. The number of urea groups is 1. The average molecular weight is 591 g/mol. The number of para-hydroxylation sites is 1. The molecule has 2 fully saturated rings. The van der Waals surface area contributed by atoms with Crippen LogP contribution in [-0.4, -0.2) is 46.4 Å². The number of piperidine rings is 1. The van der Waals surface area contributed by atoms with E-state index in [-0.39, 0.29) is 31.3 Å². The van der Waals surface area contributed by atoms with E-state index in [0.29, 0.717) is 23.4 Å². The van der Waals surface area contributed by atoms with E-state index >= 15 is 0 Å². The molecule has 5 rings (SSSR count). The highest BCUT2D eigenvalue weighted by Gasteiger charge is 2.63. The number of hydrogen-bond acceptors (Lipinski definition) is 4. The number of nitrogens with zero attached hydrogens (tertiary/aromatic N) is 4. The van der Waals surface area contributed by atoms with Gasteiger partial charge in [0.1, 0.15) is 5.54 Å². The van der Waals surface area contributed by atoms with Gasteiger partial charge in [-0.25, -0.2) is 9.69 Å². The van der Waals surface area contributed by atoms with Gasteiger partial charge in [-0.1, -0.05) is 25.1 Å². The Hall–Kier alpha value is -4.42. The number of pyridine rings is 1. The van der Waals surface area contributed by atoms with Crippen molar-refractivity contribution in [2.24, 2.45) is 5.92 Å². The van der Waals surface area contributed by atoms with Crippen LogP contribution in [-0.2, 0) is 17.1 Å². The number of aromatic nitrogens is 1. The lowest BCUT2D eigenvalue weighted by atomic mass is 9.76. The van der Waals surface area contributed by atoms with Crippen LogP contribution in [0.25, 0.3) is 0 Å². The highest BCUT2D eigenvalue weighted by Crippen LogP contribution is 2.46. The van der Waals surface area contributed by atoms with E-state index in [1.165, 1.54) is 17.3 Å². The summed E-state index contributed by atoms with van der Waals surface area (Å²) in [5, 5.41) is 0. The molecule has 2 unspecified atom stereocenters. The topological polar surface area (TPSA) is 73.8 Å². The molecule has 0 aliphatic carbocycles. The third-order valence-electron chi connectivity index (χ3n) is 7.81. The van der Waals surface area contributed by atoms with E-state index in [2.05, 4.69) is 4.98 Å². The number of alkyl halides is 6. The summed E-state index contributed by atoms with van der Waals surface area (Å²) in [6.07, 6.45) is -7.50. The van der Waals surface area contributed by atoms with Crippen molar-refractivity contribution in [3.63, 3.8) is 0 Å². The quantitative estimate of drug-likeness (QED) is 0.264. The highest BCUT2D eigenvalue weighted by molar-refractivity contribution is 6.30. The van der Waals surface area contributed by atoms with Crippen molar-refractivity contribution in [2.45, 2.75) is 38.2 Å². The van der Waals surface area contributed by atoms with Gasteiger partial charge in [-0.15, -0.1) is 0 Å². The van der Waals surface area contributed by atoms with E-state index in [4.69, 9.17) is 0 Å². The summed E-state index contributed by atoms with van der Waals surface area (Å²) in [4.78, 5) is 48.9. The Morgan fingerprint density at radius 1 is 0.952 bits per heavy atom. The van der Waals surface area contributed by atoms with Crippen LogP contribution in [0, 0.1) is 12.8 Å². The number of anilines is 2. The molecule has 2 atom stereocenters. The fourth-order valence-electron chi connectivity index (χ4n) is 5.71. The van der Waals surface area contributed by atoms with Gasteiger partial charge in [-0.05, 0) is 55.3 Å². The minimum absolute atomic E-state index is 0.0412. The molecule has 1 aromatic heterocycles. The first kappa shape index (κ1) is 29.1. The second kappa shape index (κ2) is 10.1. The van der Waals surface area contributed by atoms with E-state index in [0.717, 1.165) is 9.80 Å². The summed E-state index contributed by atoms with van der Waals surface area (Å²) in [6, 6.07) is 10.1.